The number of hydrogen-bond acceptors (Lipinski definition) is 2. The highest BCUT2D eigenvalue weighted by Gasteiger charge is 1.92. The van der Waals surface area contributed by atoms with Crippen molar-refractivity contribution in [3.05, 3.63) is 12.2 Å². The normalized spacial score (nSPS) is 10.5. The van der Waals surface area contributed by atoms with E-state index in [-0.39, 0.29) is 5.78 Å². The minimum atomic E-state index is -0.899. The molecule has 13 heavy (non-hydrogen) atoms. The highest BCUT2D eigenvalue weighted by atomic mass is 16.4. The molecule has 0 fully saturated rings. The van der Waals surface area contributed by atoms with Gasteiger partial charge in [-0.05, 0) is 26.2 Å². The predicted molar refractivity (Wildman–Crippen MR) is 50.5 cm³/mol. The third-order valence-corrected chi connectivity index (χ3v) is 1.66. The van der Waals surface area contributed by atoms with Crippen LogP contribution in [-0.2, 0) is 9.59 Å². The summed E-state index contributed by atoms with van der Waals surface area (Å²) >= 11 is 0. The molecule has 0 rings (SSSR count). The summed E-state index contributed by atoms with van der Waals surface area (Å²) in [5.74, 6) is -0.676. The Morgan fingerprint density at radius 3 is 2.46 bits per heavy atom. The van der Waals surface area contributed by atoms with Crippen LogP contribution in [0, 0.1) is 0 Å². The summed E-state index contributed by atoms with van der Waals surface area (Å²) in [5, 5.41) is 8.26. The van der Waals surface area contributed by atoms with E-state index in [1.807, 2.05) is 0 Å². The van der Waals surface area contributed by atoms with E-state index in [4.69, 9.17) is 5.11 Å². The van der Waals surface area contributed by atoms with Gasteiger partial charge in [-0.25, -0.2) is 4.79 Å². The number of carboxylic acid groups (broad SMARTS) is 1. The van der Waals surface area contributed by atoms with E-state index in [1.165, 1.54) is 0 Å². The Morgan fingerprint density at radius 2 is 1.92 bits per heavy atom. The van der Waals surface area contributed by atoms with Gasteiger partial charge >= 0.3 is 5.97 Å². The number of carboxylic acids is 1. The second kappa shape index (κ2) is 7.53. The van der Waals surface area contributed by atoms with Crippen LogP contribution in [0.25, 0.3) is 0 Å². The van der Waals surface area contributed by atoms with Gasteiger partial charge in [0, 0.05) is 12.5 Å². The van der Waals surface area contributed by atoms with Gasteiger partial charge in [-0.1, -0.05) is 12.5 Å². The average Bonchev–Trinajstić information content (AvgIpc) is 2.01. The lowest BCUT2D eigenvalue weighted by Gasteiger charge is -1.95. The van der Waals surface area contributed by atoms with Gasteiger partial charge in [-0.2, -0.15) is 0 Å². The fourth-order valence-corrected chi connectivity index (χ4v) is 0.997. The van der Waals surface area contributed by atoms with E-state index in [1.54, 1.807) is 13.0 Å². The first kappa shape index (κ1) is 11.9. The smallest absolute Gasteiger partial charge is 0.327 e. The van der Waals surface area contributed by atoms with Crippen molar-refractivity contribution in [1.82, 2.24) is 0 Å². The van der Waals surface area contributed by atoms with E-state index in [0.29, 0.717) is 6.42 Å². The zero-order chi connectivity index (χ0) is 10.1. The molecular weight excluding hydrogens is 168 g/mol. The molecule has 0 bridgehead atoms. The van der Waals surface area contributed by atoms with Gasteiger partial charge in [0.05, 0.1) is 0 Å². The van der Waals surface area contributed by atoms with Crippen LogP contribution in [0.4, 0.5) is 0 Å². The highest BCUT2D eigenvalue weighted by molar-refractivity contribution is 5.79. The standard InChI is InChI=1S/C10H16O3/c1-9(11)7-5-3-2-4-6-8-10(12)13/h6,8H,2-5,7H2,1H3,(H,12,13)/b8-6-. The molecule has 0 unspecified atom stereocenters. The summed E-state index contributed by atoms with van der Waals surface area (Å²) in [5.41, 5.74) is 0. The van der Waals surface area contributed by atoms with Gasteiger partial charge in [0.1, 0.15) is 5.78 Å². The van der Waals surface area contributed by atoms with Gasteiger partial charge in [-0.3, -0.25) is 0 Å². The van der Waals surface area contributed by atoms with Gasteiger partial charge < -0.3 is 9.90 Å². The number of rotatable bonds is 7. The number of carbonyl (C=O) groups is 2. The van der Waals surface area contributed by atoms with E-state index in [9.17, 15) is 9.59 Å². The molecule has 0 aliphatic heterocycles. The molecule has 0 amide bonds. The second-order valence-electron chi connectivity index (χ2n) is 3.04. The summed E-state index contributed by atoms with van der Waals surface area (Å²) < 4.78 is 0. The molecule has 0 saturated carbocycles. The Labute approximate surface area is 78.5 Å². The van der Waals surface area contributed by atoms with Crippen molar-refractivity contribution in [2.75, 3.05) is 0 Å². The average molecular weight is 184 g/mol. The molecule has 0 aromatic carbocycles. The first-order valence-corrected chi connectivity index (χ1v) is 4.52. The molecule has 0 aromatic heterocycles. The predicted octanol–water partition coefficient (Wildman–Crippen LogP) is 2.17. The topological polar surface area (TPSA) is 54.4 Å². The molecule has 0 aromatic rings. The fraction of sp³-hybridized carbons (Fsp3) is 0.600. The molecule has 74 valence electrons. The van der Waals surface area contributed by atoms with Crippen molar-refractivity contribution < 1.29 is 14.7 Å². The Hall–Kier alpha value is -1.12. The van der Waals surface area contributed by atoms with Crippen molar-refractivity contribution in [2.45, 2.75) is 39.0 Å². The summed E-state index contributed by atoms with van der Waals surface area (Å²) in [6.07, 6.45) is 7.09. The third-order valence-electron chi connectivity index (χ3n) is 1.66. The summed E-state index contributed by atoms with van der Waals surface area (Å²) in [6.45, 7) is 1.59. The molecule has 3 heteroatoms. The summed E-state index contributed by atoms with van der Waals surface area (Å²) in [6, 6.07) is 0. The van der Waals surface area contributed by atoms with E-state index in [0.717, 1.165) is 31.8 Å². The third kappa shape index (κ3) is 10.9. The number of Topliss-reactive ketones (excluding diaryl/α,β-unsaturated/α-hetero) is 1. The fourth-order valence-electron chi connectivity index (χ4n) is 0.997. The van der Waals surface area contributed by atoms with Crippen molar-refractivity contribution in [2.24, 2.45) is 0 Å². The quantitative estimate of drug-likeness (QED) is 0.487. The maximum atomic E-state index is 10.5. The Morgan fingerprint density at radius 1 is 1.23 bits per heavy atom. The van der Waals surface area contributed by atoms with Crippen molar-refractivity contribution in [3.63, 3.8) is 0 Å². The van der Waals surface area contributed by atoms with Crippen molar-refractivity contribution >= 4 is 11.8 Å². The monoisotopic (exact) mass is 184 g/mol. The number of ketones is 1. The van der Waals surface area contributed by atoms with Crippen LogP contribution < -0.4 is 0 Å². The van der Waals surface area contributed by atoms with Crippen LogP contribution in [-0.4, -0.2) is 16.9 Å². The molecule has 0 saturated heterocycles. The number of aliphatic carboxylic acids is 1. The highest BCUT2D eigenvalue weighted by Crippen LogP contribution is 2.03. The van der Waals surface area contributed by atoms with E-state index in [2.05, 4.69) is 0 Å². The van der Waals surface area contributed by atoms with E-state index < -0.39 is 5.97 Å². The molecule has 0 radical (unpaired) electrons. The minimum absolute atomic E-state index is 0.223. The zero-order valence-corrected chi connectivity index (χ0v) is 7.95. The first-order chi connectivity index (χ1) is 6.13. The summed E-state index contributed by atoms with van der Waals surface area (Å²) in [7, 11) is 0. The van der Waals surface area contributed by atoms with Crippen LogP contribution in [0.5, 0.6) is 0 Å². The van der Waals surface area contributed by atoms with Crippen LogP contribution >= 0.6 is 0 Å². The molecule has 1 N–H and O–H groups in total. The SMILES string of the molecule is CC(=O)CCCCC/C=C\C(=O)O. The lowest BCUT2D eigenvalue weighted by atomic mass is 10.1. The minimum Gasteiger partial charge on any atom is -0.478 e. The van der Waals surface area contributed by atoms with Gasteiger partial charge in [0.2, 0.25) is 0 Å². The number of hydrogen-bond donors (Lipinski definition) is 1. The largest absolute Gasteiger partial charge is 0.478 e. The molecule has 0 spiro atoms. The Kier molecular flexibility index (Phi) is 6.88. The molecule has 0 aliphatic carbocycles. The molecule has 0 aliphatic rings. The number of allylic oxidation sites excluding steroid dienone is 1. The Balaban J connectivity index is 3.17. The maximum absolute atomic E-state index is 10.5. The number of carbonyl (C=O) groups excluding carboxylic acids is 1. The first-order valence-electron chi connectivity index (χ1n) is 4.52. The van der Waals surface area contributed by atoms with Gasteiger partial charge in [-0.15, -0.1) is 0 Å². The van der Waals surface area contributed by atoms with Gasteiger partial charge in [0.15, 0.2) is 0 Å². The van der Waals surface area contributed by atoms with Crippen molar-refractivity contribution in [3.8, 4) is 0 Å². The lowest BCUT2D eigenvalue weighted by Crippen LogP contribution is -1.89. The van der Waals surface area contributed by atoms with Gasteiger partial charge in [0.25, 0.3) is 0 Å². The van der Waals surface area contributed by atoms with Crippen molar-refractivity contribution in [1.29, 1.82) is 0 Å². The molecular formula is C10H16O3. The number of unbranched alkanes of at least 4 members (excludes halogenated alkanes) is 3. The lowest BCUT2D eigenvalue weighted by molar-refractivity contribution is -0.131. The Bertz CT molecular complexity index is 194. The van der Waals surface area contributed by atoms with Crippen LogP contribution in [0.1, 0.15) is 39.0 Å². The maximum Gasteiger partial charge on any atom is 0.327 e. The molecule has 3 nitrogen and oxygen atoms in total. The second-order valence-corrected chi connectivity index (χ2v) is 3.04. The zero-order valence-electron chi connectivity index (χ0n) is 7.95. The van der Waals surface area contributed by atoms with Crippen LogP contribution in [0.2, 0.25) is 0 Å². The molecule has 0 heterocycles. The van der Waals surface area contributed by atoms with E-state index >= 15 is 0 Å². The molecule has 0 atom stereocenters. The van der Waals surface area contributed by atoms with Crippen LogP contribution in [0.15, 0.2) is 12.2 Å². The van der Waals surface area contributed by atoms with Crippen LogP contribution in [0.3, 0.4) is 0 Å². The summed E-state index contributed by atoms with van der Waals surface area (Å²) in [4.78, 5) is 20.6.